The van der Waals surface area contributed by atoms with Gasteiger partial charge in [0, 0.05) is 10.8 Å². The van der Waals surface area contributed by atoms with Gasteiger partial charge in [0.1, 0.15) is 0 Å². The zero-order valence-corrected chi connectivity index (χ0v) is 13.0. The highest BCUT2D eigenvalue weighted by Gasteiger charge is 2.17. The highest BCUT2D eigenvalue weighted by Crippen LogP contribution is 2.34. The van der Waals surface area contributed by atoms with Crippen LogP contribution in [-0.2, 0) is 0 Å². The molecule has 22 heavy (non-hydrogen) atoms. The van der Waals surface area contributed by atoms with Gasteiger partial charge in [-0.05, 0) is 43.4 Å². The zero-order chi connectivity index (χ0) is 14.9. The Morgan fingerprint density at radius 1 is 0.909 bits per heavy atom. The van der Waals surface area contributed by atoms with Crippen molar-refractivity contribution >= 4 is 27.9 Å². The number of para-hydroxylation sites is 2. The first-order valence-electron chi connectivity index (χ1n) is 8.28. The van der Waals surface area contributed by atoms with Crippen LogP contribution in [0.5, 0.6) is 0 Å². The van der Waals surface area contributed by atoms with Crippen molar-refractivity contribution in [1.82, 2.24) is 4.98 Å². The quantitative estimate of drug-likeness (QED) is 0.528. The monoisotopic (exact) mass is 287 g/mol. The molecule has 4 rings (SSSR count). The second-order valence-electron chi connectivity index (χ2n) is 6.43. The molecular formula is C21H21N. The van der Waals surface area contributed by atoms with Crippen molar-refractivity contribution in [2.45, 2.75) is 32.6 Å². The molecular weight excluding hydrogens is 266 g/mol. The van der Waals surface area contributed by atoms with Gasteiger partial charge in [0.2, 0.25) is 0 Å². The maximum Gasteiger partial charge on any atom is 0.0715 e. The van der Waals surface area contributed by atoms with Crippen molar-refractivity contribution in [2.75, 3.05) is 0 Å². The van der Waals surface area contributed by atoms with Crippen LogP contribution in [-0.4, -0.2) is 4.98 Å². The van der Waals surface area contributed by atoms with Gasteiger partial charge >= 0.3 is 0 Å². The van der Waals surface area contributed by atoms with Gasteiger partial charge in [-0.1, -0.05) is 60.9 Å². The maximum absolute atomic E-state index is 4.81. The fourth-order valence-electron chi connectivity index (χ4n) is 3.75. The number of nitrogens with zero attached hydrogens (tertiary/aromatic N) is 1. The predicted molar refractivity (Wildman–Crippen MR) is 94.9 cm³/mol. The first-order valence-corrected chi connectivity index (χ1v) is 8.28. The highest BCUT2D eigenvalue weighted by molar-refractivity contribution is 6.02. The molecule has 0 spiro atoms. The minimum absolute atomic E-state index is 0.769. The van der Waals surface area contributed by atoms with Gasteiger partial charge in [0.25, 0.3) is 0 Å². The summed E-state index contributed by atoms with van der Waals surface area (Å²) in [6.07, 6.45) is 7.89. The number of benzene rings is 2. The lowest BCUT2D eigenvalue weighted by Gasteiger charge is -2.12. The van der Waals surface area contributed by atoms with Gasteiger partial charge in [0.15, 0.2) is 0 Å². The van der Waals surface area contributed by atoms with E-state index >= 15 is 0 Å². The summed E-state index contributed by atoms with van der Waals surface area (Å²) < 4.78 is 0. The van der Waals surface area contributed by atoms with E-state index in [0.29, 0.717) is 0 Å². The third kappa shape index (κ3) is 2.31. The molecule has 1 heterocycles. The average Bonchev–Trinajstić information content (AvgIpc) is 3.09. The van der Waals surface area contributed by atoms with E-state index in [1.165, 1.54) is 47.6 Å². The van der Waals surface area contributed by atoms with Crippen LogP contribution in [0.25, 0.3) is 27.9 Å². The van der Waals surface area contributed by atoms with Crippen LogP contribution in [0, 0.1) is 5.92 Å². The molecule has 1 aliphatic carbocycles. The number of hydrogen-bond donors (Lipinski definition) is 0. The molecule has 1 aliphatic rings. The molecule has 0 amide bonds. The molecule has 0 aliphatic heterocycles. The van der Waals surface area contributed by atoms with Crippen LogP contribution < -0.4 is 0 Å². The SMILES string of the molecule is CC(=Cc1c2ccccc2nc2ccccc12)C1CCCC1. The van der Waals surface area contributed by atoms with E-state index < -0.39 is 0 Å². The molecule has 1 aromatic heterocycles. The Bertz CT molecular complexity index is 800. The van der Waals surface area contributed by atoms with Crippen molar-refractivity contribution in [3.8, 4) is 0 Å². The molecule has 110 valence electrons. The van der Waals surface area contributed by atoms with Crippen LogP contribution >= 0.6 is 0 Å². The van der Waals surface area contributed by atoms with Gasteiger partial charge < -0.3 is 0 Å². The summed E-state index contributed by atoms with van der Waals surface area (Å²) in [5.41, 5.74) is 5.04. The van der Waals surface area contributed by atoms with Crippen LogP contribution in [0.2, 0.25) is 0 Å². The normalized spacial score (nSPS) is 16.7. The standard InChI is InChI=1S/C21H21N/c1-15(16-8-2-3-9-16)14-19-17-10-4-6-12-20(17)22-21-13-7-5-11-18(19)21/h4-7,10-14,16H,2-3,8-9H2,1H3. The topological polar surface area (TPSA) is 12.9 Å². The third-order valence-electron chi connectivity index (χ3n) is 5.00. The molecule has 0 atom stereocenters. The summed E-state index contributed by atoms with van der Waals surface area (Å²) in [6.45, 7) is 2.31. The van der Waals surface area contributed by atoms with Crippen molar-refractivity contribution < 1.29 is 0 Å². The van der Waals surface area contributed by atoms with E-state index in [4.69, 9.17) is 4.98 Å². The van der Waals surface area contributed by atoms with Crippen LogP contribution in [0.4, 0.5) is 0 Å². The van der Waals surface area contributed by atoms with Crippen LogP contribution in [0.3, 0.4) is 0 Å². The van der Waals surface area contributed by atoms with E-state index in [2.05, 4.69) is 61.5 Å². The zero-order valence-electron chi connectivity index (χ0n) is 13.0. The molecule has 3 aromatic rings. The van der Waals surface area contributed by atoms with E-state index in [9.17, 15) is 0 Å². The van der Waals surface area contributed by atoms with Gasteiger partial charge in [-0.3, -0.25) is 0 Å². The third-order valence-corrected chi connectivity index (χ3v) is 5.00. The number of rotatable bonds is 2. The van der Waals surface area contributed by atoms with Gasteiger partial charge in [0.05, 0.1) is 11.0 Å². The number of hydrogen-bond acceptors (Lipinski definition) is 1. The van der Waals surface area contributed by atoms with Crippen molar-refractivity contribution in [2.24, 2.45) is 5.92 Å². The molecule has 0 saturated heterocycles. The van der Waals surface area contributed by atoms with Gasteiger partial charge in [-0.25, -0.2) is 4.98 Å². The van der Waals surface area contributed by atoms with Crippen molar-refractivity contribution in [3.63, 3.8) is 0 Å². The smallest absolute Gasteiger partial charge is 0.0715 e. The summed E-state index contributed by atoms with van der Waals surface area (Å²) in [6, 6.07) is 17.0. The first kappa shape index (κ1) is 13.5. The second-order valence-corrected chi connectivity index (χ2v) is 6.43. The Morgan fingerprint density at radius 2 is 1.45 bits per heavy atom. The van der Waals surface area contributed by atoms with Gasteiger partial charge in [-0.2, -0.15) is 0 Å². The summed E-state index contributed by atoms with van der Waals surface area (Å²) >= 11 is 0. The molecule has 1 fully saturated rings. The summed E-state index contributed by atoms with van der Waals surface area (Å²) in [5, 5.41) is 2.53. The maximum atomic E-state index is 4.81. The van der Waals surface area contributed by atoms with Crippen molar-refractivity contribution in [1.29, 1.82) is 0 Å². The minimum atomic E-state index is 0.769. The molecule has 0 N–H and O–H groups in total. The average molecular weight is 287 g/mol. The Morgan fingerprint density at radius 3 is 2.05 bits per heavy atom. The molecule has 1 heteroatoms. The highest BCUT2D eigenvalue weighted by atomic mass is 14.7. The first-order chi connectivity index (χ1) is 10.8. The molecule has 0 bridgehead atoms. The fraction of sp³-hybridized carbons (Fsp3) is 0.286. The largest absolute Gasteiger partial charge is 0.248 e. The lowest BCUT2D eigenvalue weighted by atomic mass is 9.94. The molecule has 0 unspecified atom stereocenters. The van der Waals surface area contributed by atoms with E-state index in [0.717, 1.165) is 17.0 Å². The van der Waals surface area contributed by atoms with Crippen LogP contribution in [0.1, 0.15) is 38.2 Å². The fourth-order valence-corrected chi connectivity index (χ4v) is 3.75. The molecule has 0 radical (unpaired) electrons. The van der Waals surface area contributed by atoms with Crippen molar-refractivity contribution in [3.05, 3.63) is 59.7 Å². The number of allylic oxidation sites excluding steroid dienone is 1. The van der Waals surface area contributed by atoms with E-state index in [1.807, 2.05) is 0 Å². The Kier molecular flexibility index (Phi) is 3.42. The predicted octanol–water partition coefficient (Wildman–Crippen LogP) is 5.98. The molecule has 1 nitrogen and oxygen atoms in total. The van der Waals surface area contributed by atoms with E-state index in [-0.39, 0.29) is 0 Å². The molecule has 2 aromatic carbocycles. The summed E-state index contributed by atoms with van der Waals surface area (Å²) in [5.74, 6) is 0.769. The Hall–Kier alpha value is -2.15. The number of fused-ring (bicyclic) bond motifs is 2. The second kappa shape index (κ2) is 5.57. The lowest BCUT2D eigenvalue weighted by Crippen LogP contribution is -1.95. The minimum Gasteiger partial charge on any atom is -0.248 e. The Labute approximate surface area is 131 Å². The van der Waals surface area contributed by atoms with Gasteiger partial charge in [-0.15, -0.1) is 0 Å². The van der Waals surface area contributed by atoms with E-state index in [1.54, 1.807) is 0 Å². The molecule has 1 saturated carbocycles. The summed E-state index contributed by atoms with van der Waals surface area (Å²) in [4.78, 5) is 4.81. The number of aromatic nitrogens is 1. The number of pyridine rings is 1. The lowest BCUT2D eigenvalue weighted by molar-refractivity contribution is 0.647. The Balaban J connectivity index is 1.98. The van der Waals surface area contributed by atoms with Crippen LogP contribution in [0.15, 0.2) is 54.1 Å². The summed E-state index contributed by atoms with van der Waals surface area (Å²) in [7, 11) is 0.